The van der Waals surface area contributed by atoms with Gasteiger partial charge < -0.3 is 10.6 Å². The first kappa shape index (κ1) is 19.4. The molecule has 1 amide bonds. The van der Waals surface area contributed by atoms with Crippen LogP contribution < -0.4 is 10.6 Å². The van der Waals surface area contributed by atoms with E-state index in [1.807, 2.05) is 0 Å². The summed E-state index contributed by atoms with van der Waals surface area (Å²) in [6.45, 7) is 2.13. The Labute approximate surface area is 141 Å². The largest absolute Gasteiger partial charge is 0.319 e. The highest BCUT2D eigenvalue weighted by Gasteiger charge is 2.20. The fourth-order valence-corrected chi connectivity index (χ4v) is 2.71. The lowest BCUT2D eigenvalue weighted by atomic mass is 10.1. The third kappa shape index (κ3) is 4.66. The van der Waals surface area contributed by atoms with E-state index in [4.69, 9.17) is 0 Å². The van der Waals surface area contributed by atoms with Crippen LogP contribution in [-0.2, 0) is 4.79 Å². The van der Waals surface area contributed by atoms with Crippen LogP contribution in [-0.4, -0.2) is 24.5 Å². The highest BCUT2D eigenvalue weighted by molar-refractivity contribution is 7.16. The molecule has 1 heterocycles. The normalized spacial score (nSPS) is 10.3. The summed E-state index contributed by atoms with van der Waals surface area (Å²) < 4.78 is 40.6. The quantitative estimate of drug-likeness (QED) is 0.852. The predicted octanol–water partition coefficient (Wildman–Crippen LogP) is 3.51. The van der Waals surface area contributed by atoms with Crippen molar-refractivity contribution < 1.29 is 18.0 Å². The number of benzene rings is 1. The van der Waals surface area contributed by atoms with Crippen LogP contribution in [0.1, 0.15) is 11.3 Å². The molecule has 0 radical (unpaired) electrons. The first-order chi connectivity index (χ1) is 10.4. The third-order valence-electron chi connectivity index (χ3n) is 2.89. The van der Waals surface area contributed by atoms with Gasteiger partial charge in [0, 0.05) is 30.0 Å². The standard InChI is InChI=1S/C14H14F3N3OS.ClH/c1-7-13(12-9(16)5-8(15)6-10(12)17)20-14(22-7)19-11(21)3-4-18-2;/h5-6,18H,3-4H2,1-2H3,(H,19,20,21);1H. The Morgan fingerprint density at radius 2 is 1.87 bits per heavy atom. The zero-order valence-corrected chi connectivity index (χ0v) is 14.0. The Balaban J connectivity index is 0.00000264. The molecule has 0 spiro atoms. The molecule has 0 saturated heterocycles. The average Bonchev–Trinajstić information content (AvgIpc) is 2.76. The molecular weight excluding hydrogens is 351 g/mol. The minimum absolute atomic E-state index is 0. The Morgan fingerprint density at radius 3 is 2.43 bits per heavy atom. The van der Waals surface area contributed by atoms with Gasteiger partial charge in [0.25, 0.3) is 0 Å². The Morgan fingerprint density at radius 1 is 1.26 bits per heavy atom. The van der Waals surface area contributed by atoms with Crippen LogP contribution in [0, 0.1) is 24.4 Å². The second kappa shape index (κ2) is 8.28. The van der Waals surface area contributed by atoms with Crippen molar-refractivity contribution in [2.45, 2.75) is 13.3 Å². The van der Waals surface area contributed by atoms with Crippen molar-refractivity contribution in [3.8, 4) is 11.3 Å². The maximum atomic E-state index is 13.8. The first-order valence-electron chi connectivity index (χ1n) is 6.49. The summed E-state index contributed by atoms with van der Waals surface area (Å²) in [7, 11) is 1.72. The minimum atomic E-state index is -1.03. The molecule has 0 aliphatic heterocycles. The van der Waals surface area contributed by atoms with Crippen molar-refractivity contribution in [1.29, 1.82) is 0 Å². The van der Waals surface area contributed by atoms with E-state index < -0.39 is 23.0 Å². The molecule has 0 atom stereocenters. The Hall–Kier alpha value is -1.64. The molecule has 0 saturated carbocycles. The van der Waals surface area contributed by atoms with E-state index in [1.54, 1.807) is 14.0 Å². The maximum absolute atomic E-state index is 13.8. The van der Waals surface area contributed by atoms with E-state index in [0.717, 1.165) is 11.3 Å². The molecule has 2 aromatic rings. The van der Waals surface area contributed by atoms with Crippen LogP contribution in [0.25, 0.3) is 11.3 Å². The van der Waals surface area contributed by atoms with E-state index in [0.29, 0.717) is 23.6 Å². The fraction of sp³-hybridized carbons (Fsp3) is 0.286. The Bertz CT molecular complexity index is 686. The highest BCUT2D eigenvalue weighted by atomic mass is 35.5. The third-order valence-corrected chi connectivity index (χ3v) is 3.77. The smallest absolute Gasteiger partial charge is 0.227 e. The predicted molar refractivity (Wildman–Crippen MR) is 86.6 cm³/mol. The molecule has 0 bridgehead atoms. The molecule has 2 rings (SSSR count). The second-order valence-electron chi connectivity index (χ2n) is 4.57. The molecule has 0 aliphatic carbocycles. The van der Waals surface area contributed by atoms with E-state index in [1.165, 1.54) is 0 Å². The molecule has 1 aromatic heterocycles. The summed E-state index contributed by atoms with van der Waals surface area (Å²) in [6, 6.07) is 1.20. The lowest BCUT2D eigenvalue weighted by Crippen LogP contribution is -2.18. The summed E-state index contributed by atoms with van der Waals surface area (Å²) in [5.41, 5.74) is -0.338. The Kier molecular flexibility index (Phi) is 6.99. The SMILES string of the molecule is CNCCC(=O)Nc1nc(-c2c(F)cc(F)cc2F)c(C)s1.Cl. The van der Waals surface area contributed by atoms with E-state index in [9.17, 15) is 18.0 Å². The minimum Gasteiger partial charge on any atom is -0.319 e. The second-order valence-corrected chi connectivity index (χ2v) is 5.77. The topological polar surface area (TPSA) is 54.0 Å². The highest BCUT2D eigenvalue weighted by Crippen LogP contribution is 2.34. The fourth-order valence-electron chi connectivity index (χ4n) is 1.87. The van der Waals surface area contributed by atoms with Crippen molar-refractivity contribution >= 4 is 34.8 Å². The van der Waals surface area contributed by atoms with Crippen LogP contribution in [0.5, 0.6) is 0 Å². The van der Waals surface area contributed by atoms with Crippen LogP contribution in [0.4, 0.5) is 18.3 Å². The molecule has 0 fully saturated rings. The molecule has 0 unspecified atom stereocenters. The molecular formula is C14H15ClF3N3OS. The van der Waals surface area contributed by atoms with Crippen molar-refractivity contribution in [2.75, 3.05) is 18.9 Å². The summed E-state index contributed by atoms with van der Waals surface area (Å²) in [4.78, 5) is 16.2. The maximum Gasteiger partial charge on any atom is 0.227 e. The first-order valence-corrected chi connectivity index (χ1v) is 7.30. The van der Waals surface area contributed by atoms with Gasteiger partial charge in [-0.05, 0) is 14.0 Å². The van der Waals surface area contributed by atoms with Crippen molar-refractivity contribution in [2.24, 2.45) is 0 Å². The lowest BCUT2D eigenvalue weighted by Gasteiger charge is -2.03. The average molecular weight is 366 g/mol. The van der Waals surface area contributed by atoms with Gasteiger partial charge in [0.15, 0.2) is 5.13 Å². The molecule has 4 nitrogen and oxygen atoms in total. The van der Waals surface area contributed by atoms with E-state index in [2.05, 4.69) is 15.6 Å². The van der Waals surface area contributed by atoms with Gasteiger partial charge in [0.1, 0.15) is 17.5 Å². The van der Waals surface area contributed by atoms with Crippen LogP contribution in [0.2, 0.25) is 0 Å². The lowest BCUT2D eigenvalue weighted by molar-refractivity contribution is -0.116. The molecule has 1 aromatic carbocycles. The van der Waals surface area contributed by atoms with E-state index >= 15 is 0 Å². The summed E-state index contributed by atoms with van der Waals surface area (Å²) in [5, 5.41) is 5.65. The number of amides is 1. The number of hydrogen-bond acceptors (Lipinski definition) is 4. The van der Waals surface area contributed by atoms with Gasteiger partial charge in [-0.15, -0.1) is 23.7 Å². The number of carbonyl (C=O) groups excluding carboxylic acids is 1. The summed E-state index contributed by atoms with van der Waals surface area (Å²) in [6.07, 6.45) is 0.254. The van der Waals surface area contributed by atoms with Gasteiger partial charge in [-0.25, -0.2) is 18.2 Å². The summed E-state index contributed by atoms with van der Waals surface area (Å²) in [5.74, 6) is -3.31. The van der Waals surface area contributed by atoms with Crippen LogP contribution in [0.15, 0.2) is 12.1 Å². The van der Waals surface area contributed by atoms with Gasteiger partial charge in [-0.1, -0.05) is 0 Å². The number of anilines is 1. The molecule has 126 valence electrons. The number of thiazole rings is 1. The number of nitrogens with one attached hydrogen (secondary N) is 2. The molecule has 9 heteroatoms. The van der Waals surface area contributed by atoms with Gasteiger partial charge in [0.05, 0.1) is 11.3 Å². The number of carbonyl (C=O) groups is 1. The zero-order chi connectivity index (χ0) is 16.3. The van der Waals surface area contributed by atoms with Crippen molar-refractivity contribution in [1.82, 2.24) is 10.3 Å². The van der Waals surface area contributed by atoms with Crippen LogP contribution in [0.3, 0.4) is 0 Å². The number of aryl methyl sites for hydroxylation is 1. The number of aromatic nitrogens is 1. The summed E-state index contributed by atoms with van der Waals surface area (Å²) >= 11 is 1.10. The van der Waals surface area contributed by atoms with Crippen LogP contribution >= 0.6 is 23.7 Å². The number of hydrogen-bond donors (Lipinski definition) is 2. The van der Waals surface area contributed by atoms with Gasteiger partial charge >= 0.3 is 0 Å². The number of halogens is 4. The molecule has 0 aliphatic rings. The van der Waals surface area contributed by atoms with E-state index in [-0.39, 0.29) is 35.6 Å². The van der Waals surface area contributed by atoms with Gasteiger partial charge in [-0.2, -0.15) is 0 Å². The number of rotatable bonds is 5. The molecule has 2 N–H and O–H groups in total. The zero-order valence-electron chi connectivity index (χ0n) is 12.4. The van der Waals surface area contributed by atoms with Crippen molar-refractivity contribution in [3.63, 3.8) is 0 Å². The monoisotopic (exact) mass is 365 g/mol. The van der Waals surface area contributed by atoms with Gasteiger partial charge in [-0.3, -0.25) is 4.79 Å². The number of nitrogens with zero attached hydrogens (tertiary/aromatic N) is 1. The van der Waals surface area contributed by atoms with Gasteiger partial charge in [0.2, 0.25) is 5.91 Å². The molecule has 23 heavy (non-hydrogen) atoms. The van der Waals surface area contributed by atoms with Crippen molar-refractivity contribution in [3.05, 3.63) is 34.5 Å².